The second-order valence-corrected chi connectivity index (χ2v) is 9.80. The van der Waals surface area contributed by atoms with Gasteiger partial charge in [-0.15, -0.1) is 0 Å². The van der Waals surface area contributed by atoms with Gasteiger partial charge in [-0.05, 0) is 55.2 Å². The SMILES string of the molecule is CC[C@H](SC1=Nc2ccccc2C2=N[C@@H](CC(C)C)C(=O)N12)C(=O)Nc1ccc(Cl)cc1. The summed E-state index contributed by atoms with van der Waals surface area (Å²) in [5.74, 6) is 0.737. The number of nitrogens with one attached hydrogen (secondary N) is 1. The smallest absolute Gasteiger partial charge is 0.259 e. The van der Waals surface area contributed by atoms with Crippen LogP contribution in [0.2, 0.25) is 5.02 Å². The number of halogens is 1. The highest BCUT2D eigenvalue weighted by Crippen LogP contribution is 2.36. The van der Waals surface area contributed by atoms with Gasteiger partial charge in [0, 0.05) is 16.3 Å². The molecule has 0 saturated heterocycles. The summed E-state index contributed by atoms with van der Waals surface area (Å²) in [5.41, 5.74) is 2.27. The third-order valence-corrected chi connectivity index (χ3v) is 6.83. The first-order valence-electron chi connectivity index (χ1n) is 10.7. The van der Waals surface area contributed by atoms with E-state index in [0.29, 0.717) is 40.5 Å². The molecule has 2 aliphatic rings. The maximum atomic E-state index is 13.3. The summed E-state index contributed by atoms with van der Waals surface area (Å²) in [4.78, 5) is 37.3. The Balaban J connectivity index is 1.61. The van der Waals surface area contributed by atoms with Crippen LogP contribution in [0.4, 0.5) is 11.4 Å². The van der Waals surface area contributed by atoms with Gasteiger partial charge in [-0.25, -0.2) is 9.89 Å². The van der Waals surface area contributed by atoms with Gasteiger partial charge in [-0.3, -0.25) is 14.6 Å². The molecular formula is C24H25ClN4O2S. The molecule has 0 aliphatic carbocycles. The molecule has 0 radical (unpaired) electrons. The van der Waals surface area contributed by atoms with Crippen LogP contribution < -0.4 is 5.32 Å². The van der Waals surface area contributed by atoms with E-state index in [9.17, 15) is 9.59 Å². The van der Waals surface area contributed by atoms with Gasteiger partial charge in [-0.1, -0.05) is 56.3 Å². The summed E-state index contributed by atoms with van der Waals surface area (Å²) < 4.78 is 0. The fraction of sp³-hybridized carbons (Fsp3) is 0.333. The molecule has 0 unspecified atom stereocenters. The number of para-hydroxylation sites is 1. The number of hydrogen-bond donors (Lipinski definition) is 1. The Labute approximate surface area is 197 Å². The van der Waals surface area contributed by atoms with Crippen molar-refractivity contribution in [3.63, 3.8) is 0 Å². The van der Waals surface area contributed by atoms with Crippen molar-refractivity contribution >= 4 is 57.6 Å². The Morgan fingerprint density at radius 2 is 1.91 bits per heavy atom. The molecule has 166 valence electrons. The van der Waals surface area contributed by atoms with Crippen molar-refractivity contribution in [1.82, 2.24) is 4.90 Å². The number of carbonyl (C=O) groups is 2. The summed E-state index contributed by atoms with van der Waals surface area (Å²) in [6.07, 6.45) is 1.25. The number of amides is 2. The highest BCUT2D eigenvalue weighted by Gasteiger charge is 2.42. The Morgan fingerprint density at radius 1 is 1.19 bits per heavy atom. The van der Waals surface area contributed by atoms with E-state index in [1.807, 2.05) is 31.2 Å². The fourth-order valence-corrected chi connectivity index (χ4v) is 4.83. The topological polar surface area (TPSA) is 74.1 Å². The Kier molecular flexibility index (Phi) is 6.67. The van der Waals surface area contributed by atoms with Crippen LogP contribution >= 0.6 is 23.4 Å². The zero-order valence-corrected chi connectivity index (χ0v) is 19.8. The summed E-state index contributed by atoms with van der Waals surface area (Å²) in [5, 5.41) is 3.61. The first kappa shape index (κ1) is 22.6. The lowest BCUT2D eigenvalue weighted by Crippen LogP contribution is -2.42. The number of carbonyl (C=O) groups excluding carboxylic acids is 2. The van der Waals surface area contributed by atoms with Gasteiger partial charge in [0.2, 0.25) is 5.91 Å². The number of thioether (sulfide) groups is 1. The summed E-state index contributed by atoms with van der Waals surface area (Å²) in [6.45, 7) is 6.10. The monoisotopic (exact) mass is 468 g/mol. The first-order chi connectivity index (χ1) is 15.4. The van der Waals surface area contributed by atoms with E-state index in [1.165, 1.54) is 11.8 Å². The summed E-state index contributed by atoms with van der Waals surface area (Å²) in [7, 11) is 0. The predicted octanol–water partition coefficient (Wildman–Crippen LogP) is 5.50. The Bertz CT molecular complexity index is 1100. The number of amidine groups is 2. The van der Waals surface area contributed by atoms with Crippen LogP contribution in [0.1, 0.15) is 39.2 Å². The average molecular weight is 469 g/mol. The number of hydrogen-bond acceptors (Lipinski definition) is 5. The standard InChI is InChI=1S/C24H25ClN4O2S/c1-4-20(22(30)26-16-11-9-15(25)10-12-16)32-24-28-18-8-6-5-7-17(18)21-27-19(13-14(2)3)23(31)29(21)24/h5-12,14,19-20H,4,13H2,1-3H3,(H,26,30)/t19-,20-/m0/s1. The lowest BCUT2D eigenvalue weighted by Gasteiger charge is -2.27. The highest BCUT2D eigenvalue weighted by atomic mass is 35.5. The fourth-order valence-electron chi connectivity index (χ4n) is 3.69. The molecule has 0 fully saturated rings. The third kappa shape index (κ3) is 4.59. The molecule has 2 amide bonds. The number of anilines is 1. The summed E-state index contributed by atoms with van der Waals surface area (Å²) in [6, 6.07) is 14.2. The molecule has 6 nitrogen and oxygen atoms in total. The molecule has 2 aliphatic heterocycles. The van der Waals surface area contributed by atoms with E-state index < -0.39 is 11.3 Å². The zero-order valence-electron chi connectivity index (χ0n) is 18.2. The van der Waals surface area contributed by atoms with E-state index in [1.54, 1.807) is 29.2 Å². The van der Waals surface area contributed by atoms with Crippen LogP contribution in [0, 0.1) is 5.92 Å². The Morgan fingerprint density at radius 3 is 2.59 bits per heavy atom. The van der Waals surface area contributed by atoms with E-state index >= 15 is 0 Å². The van der Waals surface area contributed by atoms with Crippen LogP contribution in [-0.4, -0.2) is 39.0 Å². The van der Waals surface area contributed by atoms with Crippen molar-refractivity contribution in [3.8, 4) is 0 Å². The van der Waals surface area contributed by atoms with Gasteiger partial charge < -0.3 is 5.32 Å². The van der Waals surface area contributed by atoms with Crippen LogP contribution in [0.3, 0.4) is 0 Å². The van der Waals surface area contributed by atoms with Gasteiger partial charge in [0.1, 0.15) is 11.9 Å². The van der Waals surface area contributed by atoms with Crippen LogP contribution in [0.15, 0.2) is 58.5 Å². The molecule has 0 saturated carbocycles. The number of nitrogens with zero attached hydrogens (tertiary/aromatic N) is 3. The van der Waals surface area contributed by atoms with Crippen LogP contribution in [0.25, 0.3) is 0 Å². The Hall–Kier alpha value is -2.64. The molecule has 8 heteroatoms. The van der Waals surface area contributed by atoms with E-state index in [0.717, 1.165) is 11.3 Å². The molecular weight excluding hydrogens is 444 g/mol. The lowest BCUT2D eigenvalue weighted by molar-refractivity contribution is -0.125. The maximum absolute atomic E-state index is 13.3. The molecule has 2 aromatic carbocycles. The van der Waals surface area contributed by atoms with E-state index in [-0.39, 0.29) is 11.8 Å². The van der Waals surface area contributed by atoms with Crippen LogP contribution in [-0.2, 0) is 9.59 Å². The molecule has 0 spiro atoms. The molecule has 0 bridgehead atoms. The first-order valence-corrected chi connectivity index (χ1v) is 12.0. The highest BCUT2D eigenvalue weighted by molar-refractivity contribution is 8.15. The van der Waals surface area contributed by atoms with Gasteiger partial charge >= 0.3 is 0 Å². The molecule has 2 atom stereocenters. The second-order valence-electron chi connectivity index (χ2n) is 8.19. The van der Waals surface area contributed by atoms with E-state index in [2.05, 4.69) is 19.2 Å². The minimum atomic E-state index is -0.426. The third-order valence-electron chi connectivity index (χ3n) is 5.27. The zero-order chi connectivity index (χ0) is 22.8. The van der Waals surface area contributed by atoms with Crippen molar-refractivity contribution in [3.05, 3.63) is 59.1 Å². The van der Waals surface area contributed by atoms with Crippen molar-refractivity contribution in [1.29, 1.82) is 0 Å². The molecule has 4 rings (SSSR count). The molecule has 2 aromatic rings. The number of benzene rings is 2. The minimum Gasteiger partial charge on any atom is -0.325 e. The minimum absolute atomic E-state index is 0.0811. The normalized spacial score (nSPS) is 18.1. The second kappa shape index (κ2) is 9.46. The summed E-state index contributed by atoms with van der Waals surface area (Å²) >= 11 is 7.23. The van der Waals surface area contributed by atoms with Gasteiger partial charge in [0.15, 0.2) is 5.17 Å². The number of fused-ring (bicyclic) bond motifs is 3. The van der Waals surface area contributed by atoms with Crippen molar-refractivity contribution in [2.75, 3.05) is 5.32 Å². The van der Waals surface area contributed by atoms with Gasteiger partial charge in [0.05, 0.1) is 10.9 Å². The average Bonchev–Trinajstić information content (AvgIpc) is 3.09. The molecule has 1 N–H and O–H groups in total. The van der Waals surface area contributed by atoms with Crippen LogP contribution in [0.5, 0.6) is 0 Å². The lowest BCUT2D eigenvalue weighted by atomic mass is 10.0. The van der Waals surface area contributed by atoms with Crippen molar-refractivity contribution in [2.24, 2.45) is 15.9 Å². The van der Waals surface area contributed by atoms with E-state index in [4.69, 9.17) is 21.6 Å². The molecule has 0 aromatic heterocycles. The molecule has 2 heterocycles. The van der Waals surface area contributed by atoms with Gasteiger partial charge in [-0.2, -0.15) is 0 Å². The van der Waals surface area contributed by atoms with Crippen molar-refractivity contribution < 1.29 is 9.59 Å². The maximum Gasteiger partial charge on any atom is 0.259 e. The quantitative estimate of drug-likeness (QED) is 0.608. The predicted molar refractivity (Wildman–Crippen MR) is 132 cm³/mol. The molecule has 32 heavy (non-hydrogen) atoms. The van der Waals surface area contributed by atoms with Crippen molar-refractivity contribution in [2.45, 2.75) is 44.9 Å². The largest absolute Gasteiger partial charge is 0.325 e. The number of rotatable bonds is 6. The van der Waals surface area contributed by atoms with Gasteiger partial charge in [0.25, 0.3) is 5.91 Å². The number of aliphatic imine (C=N–C) groups is 2.